The molecular weight excluding hydrogens is 240 g/mol. The second-order valence-corrected chi connectivity index (χ2v) is 5.82. The number of hydrogen-bond donors (Lipinski definition) is 1. The molecule has 2 atom stereocenters. The third-order valence-corrected chi connectivity index (χ3v) is 4.70. The first-order valence-electron chi connectivity index (χ1n) is 7.19. The first-order chi connectivity index (χ1) is 9.24. The average Bonchev–Trinajstić information content (AvgIpc) is 2.45. The fourth-order valence-electron chi connectivity index (χ4n) is 3.42. The van der Waals surface area contributed by atoms with Crippen molar-refractivity contribution < 1.29 is 14.6 Å². The van der Waals surface area contributed by atoms with Crippen LogP contribution in [-0.4, -0.2) is 24.4 Å². The van der Waals surface area contributed by atoms with Crippen molar-refractivity contribution in [3.8, 4) is 5.75 Å². The third-order valence-electron chi connectivity index (χ3n) is 4.70. The zero-order chi connectivity index (χ0) is 13.3. The van der Waals surface area contributed by atoms with Crippen molar-refractivity contribution in [1.82, 2.24) is 0 Å². The molecule has 0 aromatic heterocycles. The first kappa shape index (κ1) is 12.9. The molecular formula is C16H22O3. The maximum atomic E-state index is 10.7. The van der Waals surface area contributed by atoms with Crippen LogP contribution in [0.1, 0.15) is 43.8 Å². The largest absolute Gasteiger partial charge is 0.496 e. The van der Waals surface area contributed by atoms with E-state index in [0.29, 0.717) is 0 Å². The molecule has 1 aliphatic heterocycles. The van der Waals surface area contributed by atoms with Gasteiger partial charge in [-0.15, -0.1) is 0 Å². The molecule has 3 nitrogen and oxygen atoms in total. The molecule has 1 heterocycles. The van der Waals surface area contributed by atoms with Crippen molar-refractivity contribution in [2.75, 3.05) is 13.7 Å². The lowest BCUT2D eigenvalue weighted by Crippen LogP contribution is -2.46. The Balaban J connectivity index is 1.77. The number of aliphatic hydroxyl groups is 1. The Labute approximate surface area is 114 Å². The van der Waals surface area contributed by atoms with E-state index < -0.39 is 6.10 Å². The molecule has 2 fully saturated rings. The maximum absolute atomic E-state index is 10.7. The second-order valence-electron chi connectivity index (χ2n) is 5.82. The Kier molecular flexibility index (Phi) is 3.50. The van der Waals surface area contributed by atoms with Crippen LogP contribution in [0.2, 0.25) is 0 Å². The topological polar surface area (TPSA) is 38.7 Å². The molecule has 1 saturated carbocycles. The number of hydrogen-bond acceptors (Lipinski definition) is 3. The SMILES string of the molecule is COc1ccccc1C(O)C1CCOC2(CCC2)C1. The number of aliphatic hydroxyl groups excluding tert-OH is 1. The number of rotatable bonds is 3. The highest BCUT2D eigenvalue weighted by Gasteiger charge is 2.44. The molecule has 1 N–H and O–H groups in total. The standard InChI is InChI=1S/C16H22O3/c1-18-14-6-3-2-5-13(14)15(17)12-7-10-19-16(11-12)8-4-9-16/h2-3,5-6,12,15,17H,4,7-11H2,1H3. The van der Waals surface area contributed by atoms with E-state index in [9.17, 15) is 5.11 Å². The van der Waals surface area contributed by atoms with Crippen molar-refractivity contribution in [1.29, 1.82) is 0 Å². The van der Waals surface area contributed by atoms with Crippen LogP contribution >= 0.6 is 0 Å². The lowest BCUT2D eigenvalue weighted by Gasteiger charge is -2.48. The Morgan fingerprint density at radius 1 is 1.37 bits per heavy atom. The molecule has 0 radical (unpaired) electrons. The van der Waals surface area contributed by atoms with Crippen LogP contribution in [0.5, 0.6) is 5.75 Å². The second kappa shape index (κ2) is 5.14. The molecule has 1 spiro atoms. The fourth-order valence-corrected chi connectivity index (χ4v) is 3.42. The number of methoxy groups -OCH3 is 1. The van der Waals surface area contributed by atoms with Gasteiger partial charge < -0.3 is 14.6 Å². The van der Waals surface area contributed by atoms with Gasteiger partial charge in [-0.05, 0) is 44.1 Å². The molecule has 2 aliphatic rings. The summed E-state index contributed by atoms with van der Waals surface area (Å²) < 4.78 is 11.3. The summed E-state index contributed by atoms with van der Waals surface area (Å²) >= 11 is 0. The van der Waals surface area contributed by atoms with Crippen molar-refractivity contribution >= 4 is 0 Å². The van der Waals surface area contributed by atoms with Crippen molar-refractivity contribution in [2.24, 2.45) is 5.92 Å². The van der Waals surface area contributed by atoms with Gasteiger partial charge in [-0.1, -0.05) is 18.2 Å². The van der Waals surface area contributed by atoms with Gasteiger partial charge in [-0.3, -0.25) is 0 Å². The molecule has 0 bridgehead atoms. The molecule has 0 amide bonds. The third kappa shape index (κ3) is 2.37. The van der Waals surface area contributed by atoms with Crippen LogP contribution in [0.4, 0.5) is 0 Å². The van der Waals surface area contributed by atoms with Gasteiger partial charge >= 0.3 is 0 Å². The van der Waals surface area contributed by atoms with Crippen LogP contribution in [0.15, 0.2) is 24.3 Å². The molecule has 1 saturated heterocycles. The summed E-state index contributed by atoms with van der Waals surface area (Å²) in [5.74, 6) is 1.06. The van der Waals surface area contributed by atoms with Crippen LogP contribution in [0.25, 0.3) is 0 Å². The van der Waals surface area contributed by atoms with Gasteiger partial charge in [-0.2, -0.15) is 0 Å². The smallest absolute Gasteiger partial charge is 0.124 e. The van der Waals surface area contributed by atoms with E-state index in [4.69, 9.17) is 9.47 Å². The Morgan fingerprint density at radius 3 is 2.84 bits per heavy atom. The van der Waals surface area contributed by atoms with E-state index >= 15 is 0 Å². The Hall–Kier alpha value is -1.06. The maximum Gasteiger partial charge on any atom is 0.124 e. The summed E-state index contributed by atoms with van der Waals surface area (Å²) in [4.78, 5) is 0. The van der Waals surface area contributed by atoms with E-state index in [2.05, 4.69) is 0 Å². The van der Waals surface area contributed by atoms with Crippen LogP contribution < -0.4 is 4.74 Å². The Morgan fingerprint density at radius 2 is 2.16 bits per heavy atom. The molecule has 1 aromatic rings. The van der Waals surface area contributed by atoms with Gasteiger partial charge in [0.05, 0.1) is 18.8 Å². The minimum atomic E-state index is -0.447. The van der Waals surface area contributed by atoms with E-state index in [1.807, 2.05) is 24.3 Å². The number of ether oxygens (including phenoxy) is 2. The number of benzene rings is 1. The monoisotopic (exact) mass is 262 g/mol. The summed E-state index contributed by atoms with van der Waals surface area (Å²) in [6, 6.07) is 7.77. The van der Waals surface area contributed by atoms with Gasteiger partial charge in [0.1, 0.15) is 5.75 Å². The zero-order valence-corrected chi connectivity index (χ0v) is 11.5. The highest BCUT2D eigenvalue weighted by Crippen LogP contribution is 2.47. The molecule has 3 heteroatoms. The van der Waals surface area contributed by atoms with Gasteiger partial charge in [0.2, 0.25) is 0 Å². The number of para-hydroxylation sites is 1. The van der Waals surface area contributed by atoms with Crippen LogP contribution in [0.3, 0.4) is 0 Å². The zero-order valence-electron chi connectivity index (χ0n) is 11.5. The van der Waals surface area contributed by atoms with Gasteiger partial charge in [-0.25, -0.2) is 0 Å². The molecule has 2 unspecified atom stereocenters. The van der Waals surface area contributed by atoms with Crippen molar-refractivity contribution in [2.45, 2.75) is 43.8 Å². The quantitative estimate of drug-likeness (QED) is 0.909. The summed E-state index contributed by atoms with van der Waals surface area (Å²) in [6.45, 7) is 0.775. The van der Waals surface area contributed by atoms with Gasteiger partial charge in [0.25, 0.3) is 0 Å². The van der Waals surface area contributed by atoms with E-state index in [-0.39, 0.29) is 11.5 Å². The normalized spacial score (nSPS) is 26.7. The minimum Gasteiger partial charge on any atom is -0.496 e. The van der Waals surface area contributed by atoms with E-state index in [0.717, 1.165) is 43.6 Å². The lowest BCUT2D eigenvalue weighted by atomic mass is 9.70. The minimum absolute atomic E-state index is 0.0753. The van der Waals surface area contributed by atoms with Crippen molar-refractivity contribution in [3.05, 3.63) is 29.8 Å². The van der Waals surface area contributed by atoms with E-state index in [1.165, 1.54) is 6.42 Å². The van der Waals surface area contributed by atoms with Crippen molar-refractivity contribution in [3.63, 3.8) is 0 Å². The predicted molar refractivity (Wildman–Crippen MR) is 73.2 cm³/mol. The first-order valence-corrected chi connectivity index (χ1v) is 7.19. The predicted octanol–water partition coefficient (Wildman–Crippen LogP) is 3.08. The lowest BCUT2D eigenvalue weighted by molar-refractivity contribution is -0.157. The molecule has 3 rings (SSSR count). The highest BCUT2D eigenvalue weighted by atomic mass is 16.5. The summed E-state index contributed by atoms with van der Waals surface area (Å²) in [7, 11) is 1.66. The molecule has 1 aliphatic carbocycles. The summed E-state index contributed by atoms with van der Waals surface area (Å²) in [6.07, 6.45) is 5.03. The summed E-state index contributed by atoms with van der Waals surface area (Å²) in [5, 5.41) is 10.7. The Bertz CT molecular complexity index is 439. The van der Waals surface area contributed by atoms with Gasteiger partial charge in [0.15, 0.2) is 0 Å². The van der Waals surface area contributed by atoms with Crippen LogP contribution in [-0.2, 0) is 4.74 Å². The van der Waals surface area contributed by atoms with Crippen LogP contribution in [0, 0.1) is 5.92 Å². The molecule has 104 valence electrons. The average molecular weight is 262 g/mol. The van der Waals surface area contributed by atoms with Gasteiger partial charge in [0, 0.05) is 12.2 Å². The summed E-state index contributed by atoms with van der Waals surface area (Å²) in [5.41, 5.74) is 0.984. The molecule has 19 heavy (non-hydrogen) atoms. The van der Waals surface area contributed by atoms with E-state index in [1.54, 1.807) is 7.11 Å². The fraction of sp³-hybridized carbons (Fsp3) is 0.625. The highest BCUT2D eigenvalue weighted by molar-refractivity contribution is 5.35. The molecule has 1 aromatic carbocycles.